The second-order valence-electron chi connectivity index (χ2n) is 13.6. The molecule has 4 fully saturated rings. The van der Waals surface area contributed by atoms with Crippen LogP contribution in [0.2, 0.25) is 0 Å². The number of aromatic amines is 1. The number of fused-ring (bicyclic) bond motifs is 6. The predicted octanol–water partition coefficient (Wildman–Crippen LogP) is 5.62. The summed E-state index contributed by atoms with van der Waals surface area (Å²) in [7, 11) is 0. The summed E-state index contributed by atoms with van der Waals surface area (Å²) < 4.78 is 13.7. The van der Waals surface area contributed by atoms with Crippen LogP contribution in [-0.2, 0) is 6.42 Å². The number of halogens is 1. The maximum Gasteiger partial charge on any atom is 0.258 e. The number of hydrogen-bond acceptors (Lipinski definition) is 4. The third-order valence-corrected chi connectivity index (χ3v) is 12.0. The molecule has 0 amide bonds. The molecule has 4 saturated carbocycles. The fourth-order valence-corrected chi connectivity index (χ4v) is 10.0. The third-order valence-electron chi connectivity index (χ3n) is 12.0. The Morgan fingerprint density at radius 3 is 2.65 bits per heavy atom. The van der Waals surface area contributed by atoms with Gasteiger partial charge in [-0.1, -0.05) is 20.8 Å². The van der Waals surface area contributed by atoms with E-state index >= 15 is 0 Å². The van der Waals surface area contributed by atoms with Crippen LogP contribution in [0, 0.1) is 52.2 Å². The first kappa shape index (κ1) is 25.5. The first-order valence-corrected chi connectivity index (χ1v) is 14.6. The molecule has 37 heavy (non-hydrogen) atoms. The molecular weight excluding hydrogens is 467 g/mol. The summed E-state index contributed by atoms with van der Waals surface area (Å²) in [5.74, 6) is 3.27. The van der Waals surface area contributed by atoms with E-state index < -0.39 is 0 Å². The number of hydrogen-bond donors (Lipinski definition) is 3. The number of aliphatic hydroxyl groups excluding tert-OH is 2. The molecule has 1 unspecified atom stereocenters. The van der Waals surface area contributed by atoms with Crippen molar-refractivity contribution in [2.75, 3.05) is 0 Å². The van der Waals surface area contributed by atoms with Gasteiger partial charge in [0.1, 0.15) is 11.6 Å². The molecule has 0 radical (unpaired) electrons. The van der Waals surface area contributed by atoms with Gasteiger partial charge in [0.15, 0.2) is 0 Å². The lowest BCUT2D eigenvalue weighted by molar-refractivity contribution is -0.174. The Labute approximate surface area is 219 Å². The Bertz CT molecular complexity index is 1230. The highest BCUT2D eigenvalue weighted by molar-refractivity contribution is 5.77. The minimum absolute atomic E-state index is 0.196. The molecule has 1 aromatic carbocycles. The van der Waals surface area contributed by atoms with Crippen LogP contribution in [0.15, 0.2) is 23.0 Å². The van der Waals surface area contributed by atoms with Crippen LogP contribution in [0.1, 0.15) is 84.4 Å². The number of nitrogens with one attached hydrogen (secondary N) is 1. The molecule has 10 atom stereocenters. The number of aromatic nitrogens is 2. The number of aryl methyl sites for hydroxylation is 1. The third kappa shape index (κ3) is 4.09. The summed E-state index contributed by atoms with van der Waals surface area (Å²) in [6.07, 6.45) is 9.67. The van der Waals surface area contributed by atoms with Gasteiger partial charge < -0.3 is 15.2 Å². The van der Waals surface area contributed by atoms with E-state index in [-0.39, 0.29) is 34.4 Å². The van der Waals surface area contributed by atoms with Crippen LogP contribution in [0.5, 0.6) is 0 Å². The van der Waals surface area contributed by atoms with E-state index in [0.717, 1.165) is 32.1 Å². The summed E-state index contributed by atoms with van der Waals surface area (Å²) in [6.45, 7) is 7.31. The highest BCUT2D eigenvalue weighted by Crippen LogP contribution is 2.68. The number of rotatable bonds is 4. The molecule has 0 spiro atoms. The second-order valence-corrected chi connectivity index (χ2v) is 13.6. The van der Waals surface area contributed by atoms with Crippen LogP contribution < -0.4 is 5.56 Å². The minimum atomic E-state index is -0.375. The van der Waals surface area contributed by atoms with Crippen LogP contribution in [0.25, 0.3) is 10.9 Å². The monoisotopic (exact) mass is 510 g/mol. The lowest BCUT2D eigenvalue weighted by Gasteiger charge is -2.62. The van der Waals surface area contributed by atoms with Crippen molar-refractivity contribution in [2.45, 2.75) is 97.2 Å². The lowest BCUT2D eigenvalue weighted by Crippen LogP contribution is -2.58. The van der Waals surface area contributed by atoms with Crippen molar-refractivity contribution >= 4 is 10.9 Å². The van der Waals surface area contributed by atoms with Gasteiger partial charge in [0, 0.05) is 12.5 Å². The zero-order valence-electron chi connectivity index (χ0n) is 22.5. The zero-order chi connectivity index (χ0) is 26.1. The van der Waals surface area contributed by atoms with E-state index in [9.17, 15) is 19.4 Å². The Balaban J connectivity index is 1.18. The van der Waals surface area contributed by atoms with Crippen molar-refractivity contribution in [1.29, 1.82) is 0 Å². The van der Waals surface area contributed by atoms with E-state index in [1.807, 2.05) is 0 Å². The molecule has 0 bridgehead atoms. The lowest BCUT2D eigenvalue weighted by atomic mass is 9.43. The van der Waals surface area contributed by atoms with E-state index in [0.29, 0.717) is 58.7 Å². The van der Waals surface area contributed by atoms with Gasteiger partial charge in [-0.15, -0.1) is 0 Å². The first-order valence-electron chi connectivity index (χ1n) is 14.6. The Kier molecular flexibility index (Phi) is 6.30. The molecule has 0 saturated heterocycles. The summed E-state index contributed by atoms with van der Waals surface area (Å²) in [5.41, 5.74) is 0.700. The molecule has 6 rings (SSSR count). The predicted molar refractivity (Wildman–Crippen MR) is 142 cm³/mol. The molecule has 1 heterocycles. The van der Waals surface area contributed by atoms with Crippen molar-refractivity contribution in [2.24, 2.45) is 46.3 Å². The Hall–Kier alpha value is -1.79. The molecule has 0 aliphatic heterocycles. The van der Waals surface area contributed by atoms with Crippen molar-refractivity contribution in [3.05, 3.63) is 40.2 Å². The van der Waals surface area contributed by atoms with E-state index in [4.69, 9.17) is 0 Å². The maximum absolute atomic E-state index is 13.7. The highest BCUT2D eigenvalue weighted by Gasteiger charge is 2.62. The molecular formula is C31H43FN2O3. The summed E-state index contributed by atoms with van der Waals surface area (Å²) in [4.78, 5) is 20.0. The van der Waals surface area contributed by atoms with Crippen molar-refractivity contribution < 1.29 is 14.6 Å². The smallest absolute Gasteiger partial charge is 0.258 e. The molecule has 4 aliphatic carbocycles. The van der Waals surface area contributed by atoms with Crippen LogP contribution >= 0.6 is 0 Å². The number of aliphatic hydroxyl groups is 2. The molecule has 1 aromatic heterocycles. The van der Waals surface area contributed by atoms with E-state index in [1.165, 1.54) is 43.9 Å². The molecule has 2 aromatic rings. The number of benzene rings is 1. The van der Waals surface area contributed by atoms with Gasteiger partial charge in [-0.05, 0) is 116 Å². The fourth-order valence-electron chi connectivity index (χ4n) is 10.0. The van der Waals surface area contributed by atoms with Crippen molar-refractivity contribution in [3.63, 3.8) is 0 Å². The van der Waals surface area contributed by atoms with Crippen LogP contribution in [-0.4, -0.2) is 32.4 Å². The first-order chi connectivity index (χ1) is 17.6. The van der Waals surface area contributed by atoms with Gasteiger partial charge in [0.05, 0.1) is 23.1 Å². The van der Waals surface area contributed by atoms with Crippen molar-refractivity contribution in [3.8, 4) is 0 Å². The van der Waals surface area contributed by atoms with Gasteiger partial charge in [-0.25, -0.2) is 9.37 Å². The summed E-state index contributed by atoms with van der Waals surface area (Å²) >= 11 is 0. The molecule has 4 aliphatic rings. The summed E-state index contributed by atoms with van der Waals surface area (Å²) in [6, 6.07) is 4.14. The standard InChI is InChI=1S/C31H43FN2O3/c1-17(4-9-27-33-25-16-19(32)5-6-21(25)29(37)34-27)22-7-8-23-28-24(11-13-31(22,23)3)30(2)12-10-20(35)14-18(30)15-26(28)36/h5-6,16-18,20,22-24,26,28,35-36H,4,7-15H2,1-3H3,(H,33,34,37)/t17-,18+,20-,22-,23+,24?,26-,28+,30+,31-/m1/s1. The largest absolute Gasteiger partial charge is 0.393 e. The van der Waals surface area contributed by atoms with Gasteiger partial charge in [-0.3, -0.25) is 4.79 Å². The van der Waals surface area contributed by atoms with Gasteiger partial charge in [0.25, 0.3) is 5.56 Å². The highest BCUT2D eigenvalue weighted by atomic mass is 19.1. The topological polar surface area (TPSA) is 86.2 Å². The van der Waals surface area contributed by atoms with Crippen molar-refractivity contribution in [1.82, 2.24) is 9.97 Å². The Morgan fingerprint density at radius 1 is 1.08 bits per heavy atom. The average Bonchev–Trinajstić information content (AvgIpc) is 3.20. The summed E-state index contributed by atoms with van der Waals surface area (Å²) in [5, 5.41) is 22.2. The molecule has 202 valence electrons. The molecule has 3 N–H and O–H groups in total. The molecule has 5 nitrogen and oxygen atoms in total. The maximum atomic E-state index is 13.7. The van der Waals surface area contributed by atoms with Gasteiger partial charge >= 0.3 is 0 Å². The van der Waals surface area contributed by atoms with Crippen LogP contribution in [0.4, 0.5) is 4.39 Å². The quantitative estimate of drug-likeness (QED) is 0.498. The average molecular weight is 511 g/mol. The minimum Gasteiger partial charge on any atom is -0.393 e. The van der Waals surface area contributed by atoms with E-state index in [1.54, 1.807) is 0 Å². The SMILES string of the molecule is C[C@H](CCc1nc2cc(F)ccc2c(=O)[nH]1)[C@H]1CC[C@H]2[C@H]3C(CC[C@]12C)[C@@]1(C)CC[C@@H](O)C[C@H]1C[C@H]3O. The van der Waals surface area contributed by atoms with Crippen LogP contribution in [0.3, 0.4) is 0 Å². The Morgan fingerprint density at radius 2 is 1.84 bits per heavy atom. The number of H-pyrrole nitrogens is 1. The molecule has 6 heteroatoms. The zero-order valence-corrected chi connectivity index (χ0v) is 22.5. The number of nitrogens with zero attached hydrogens (tertiary/aromatic N) is 1. The normalized spacial score (nSPS) is 42.2. The van der Waals surface area contributed by atoms with Gasteiger partial charge in [-0.2, -0.15) is 0 Å². The van der Waals surface area contributed by atoms with Gasteiger partial charge in [0.2, 0.25) is 0 Å². The van der Waals surface area contributed by atoms with E-state index in [2.05, 4.69) is 30.7 Å². The second kappa shape index (κ2) is 9.15. The fraction of sp³-hybridized carbons (Fsp3) is 0.742.